The van der Waals surface area contributed by atoms with Crippen LogP contribution in [-0.4, -0.2) is 11.1 Å². The number of aryl methyl sites for hydroxylation is 1. The van der Waals surface area contributed by atoms with Gasteiger partial charge in [-0.2, -0.15) is 5.26 Å². The molecule has 0 heterocycles. The van der Waals surface area contributed by atoms with Crippen LogP contribution < -0.4 is 0 Å². The molecule has 0 aliphatic rings. The van der Waals surface area contributed by atoms with Gasteiger partial charge in [0.1, 0.15) is 6.07 Å². The summed E-state index contributed by atoms with van der Waals surface area (Å²) in [6.07, 6.45) is 0.429. The van der Waals surface area contributed by atoms with Crippen LogP contribution in [0.4, 0.5) is 0 Å². The van der Waals surface area contributed by atoms with Gasteiger partial charge in [-0.1, -0.05) is 34.1 Å². The number of hydrogen-bond acceptors (Lipinski definition) is 2. The van der Waals surface area contributed by atoms with Crippen LogP contribution in [0.15, 0.2) is 18.2 Å². The Kier molecular flexibility index (Phi) is 3.84. The van der Waals surface area contributed by atoms with Gasteiger partial charge >= 0.3 is 0 Å². The van der Waals surface area contributed by atoms with Gasteiger partial charge in [0.15, 0.2) is 5.78 Å². The summed E-state index contributed by atoms with van der Waals surface area (Å²) in [5.41, 5.74) is 1.89. The van der Waals surface area contributed by atoms with Gasteiger partial charge in [0.25, 0.3) is 0 Å². The quantitative estimate of drug-likeness (QED) is 0.613. The Morgan fingerprint density at radius 3 is 2.86 bits per heavy atom. The molecule has 1 rings (SSSR count). The third kappa shape index (κ3) is 2.21. The molecule has 0 spiro atoms. The maximum atomic E-state index is 11.6. The number of hydrogen-bond donors (Lipinski definition) is 0. The zero-order valence-electron chi connectivity index (χ0n) is 7.88. The highest BCUT2D eigenvalue weighted by Crippen LogP contribution is 2.15. The van der Waals surface area contributed by atoms with E-state index in [0.717, 1.165) is 5.56 Å². The van der Waals surface area contributed by atoms with Crippen LogP contribution in [0.5, 0.6) is 0 Å². The molecule has 1 aromatic carbocycles. The number of carbonyl (C=O) groups is 1. The number of Topliss-reactive ketones (excluding diaryl/α,β-unsaturated/α-hetero) is 1. The largest absolute Gasteiger partial charge is 0.294 e. The lowest BCUT2D eigenvalue weighted by molar-refractivity contribution is 0.0989. The highest BCUT2D eigenvalue weighted by Gasteiger charge is 2.11. The summed E-state index contributed by atoms with van der Waals surface area (Å²) in [5, 5.41) is 9.53. The highest BCUT2D eigenvalue weighted by molar-refractivity contribution is 9.09. The van der Waals surface area contributed by atoms with E-state index in [4.69, 9.17) is 5.26 Å². The average Bonchev–Trinajstić information content (AvgIpc) is 2.17. The first-order chi connectivity index (χ1) is 6.70. The second-order valence-electron chi connectivity index (χ2n) is 2.97. The van der Waals surface area contributed by atoms with Gasteiger partial charge in [0.2, 0.25) is 0 Å². The summed E-state index contributed by atoms with van der Waals surface area (Å²) in [6, 6.07) is 7.41. The van der Waals surface area contributed by atoms with Crippen molar-refractivity contribution < 1.29 is 4.79 Å². The molecular weight excluding hydrogens is 242 g/mol. The lowest BCUT2D eigenvalue weighted by Gasteiger charge is -2.03. The molecule has 0 atom stereocenters. The Hall–Kier alpha value is -1.14. The number of rotatable bonds is 3. The molecule has 3 heteroatoms. The van der Waals surface area contributed by atoms with Gasteiger partial charge in [-0.25, -0.2) is 0 Å². The minimum Gasteiger partial charge on any atom is -0.294 e. The second-order valence-corrected chi connectivity index (χ2v) is 3.76. The van der Waals surface area contributed by atoms with Crippen molar-refractivity contribution in [3.8, 4) is 6.07 Å². The molecule has 2 nitrogen and oxygen atoms in total. The van der Waals surface area contributed by atoms with E-state index in [1.54, 1.807) is 12.1 Å². The smallest absolute Gasteiger partial charge is 0.165 e. The third-order valence-corrected chi connectivity index (χ3v) is 2.40. The molecule has 0 aromatic heterocycles. The fourth-order valence-corrected chi connectivity index (χ4v) is 1.63. The van der Waals surface area contributed by atoms with Gasteiger partial charge in [-0.3, -0.25) is 4.79 Å². The third-order valence-electron chi connectivity index (χ3n) is 2.01. The Labute approximate surface area is 91.7 Å². The normalized spacial score (nSPS) is 9.50. The molecule has 0 fully saturated rings. The van der Waals surface area contributed by atoms with E-state index < -0.39 is 0 Å². The summed E-state index contributed by atoms with van der Waals surface area (Å²) in [4.78, 5) is 11.6. The predicted octanol–water partition coefficient (Wildman–Crippen LogP) is 2.83. The van der Waals surface area contributed by atoms with E-state index in [9.17, 15) is 4.79 Å². The molecule has 0 saturated heterocycles. The minimum atomic E-state index is 0.0159. The zero-order valence-corrected chi connectivity index (χ0v) is 9.47. The molecular formula is C11H10BrNO. The molecule has 0 aliphatic carbocycles. The Morgan fingerprint density at radius 1 is 1.57 bits per heavy atom. The number of carbonyl (C=O) groups excluding carboxylic acids is 1. The first-order valence-electron chi connectivity index (χ1n) is 4.29. The maximum absolute atomic E-state index is 11.6. The molecule has 72 valence electrons. The summed E-state index contributed by atoms with van der Waals surface area (Å²) in [6.45, 7) is 1.84. The molecule has 0 unspecified atom stereocenters. The van der Waals surface area contributed by atoms with Crippen molar-refractivity contribution in [1.29, 1.82) is 5.26 Å². The van der Waals surface area contributed by atoms with Crippen molar-refractivity contribution in [3.05, 3.63) is 34.9 Å². The van der Waals surface area contributed by atoms with Crippen LogP contribution in [-0.2, 0) is 0 Å². The summed E-state index contributed by atoms with van der Waals surface area (Å²) in [5.74, 6) is 0.0159. The predicted molar refractivity (Wildman–Crippen MR) is 58.6 cm³/mol. The monoisotopic (exact) mass is 251 g/mol. The van der Waals surface area contributed by atoms with Gasteiger partial charge in [0, 0.05) is 17.3 Å². The summed E-state index contributed by atoms with van der Waals surface area (Å²) < 4.78 is 0. The van der Waals surface area contributed by atoms with E-state index in [1.165, 1.54) is 0 Å². The van der Waals surface area contributed by atoms with Crippen LogP contribution in [0.2, 0.25) is 0 Å². The van der Waals surface area contributed by atoms with Crippen molar-refractivity contribution >= 4 is 21.7 Å². The van der Waals surface area contributed by atoms with E-state index in [0.29, 0.717) is 22.9 Å². The van der Waals surface area contributed by atoms with Crippen molar-refractivity contribution in [2.75, 3.05) is 5.33 Å². The molecule has 0 N–H and O–H groups in total. The molecule has 0 aliphatic heterocycles. The van der Waals surface area contributed by atoms with E-state index in [-0.39, 0.29) is 5.78 Å². The van der Waals surface area contributed by atoms with E-state index in [1.807, 2.05) is 13.0 Å². The Morgan fingerprint density at radius 2 is 2.29 bits per heavy atom. The second kappa shape index (κ2) is 4.92. The molecule has 0 amide bonds. The average molecular weight is 252 g/mol. The number of halogens is 1. The van der Waals surface area contributed by atoms with Crippen LogP contribution >= 0.6 is 15.9 Å². The number of nitriles is 1. The van der Waals surface area contributed by atoms with Crippen molar-refractivity contribution in [3.63, 3.8) is 0 Å². The van der Waals surface area contributed by atoms with Gasteiger partial charge in [-0.05, 0) is 12.5 Å². The van der Waals surface area contributed by atoms with Crippen molar-refractivity contribution in [2.24, 2.45) is 0 Å². The summed E-state index contributed by atoms with van der Waals surface area (Å²) >= 11 is 3.21. The molecule has 0 saturated carbocycles. The number of nitrogens with zero attached hydrogens (tertiary/aromatic N) is 1. The molecule has 1 aromatic rings. The van der Waals surface area contributed by atoms with Crippen LogP contribution in [0, 0.1) is 18.3 Å². The fraction of sp³-hybridized carbons (Fsp3) is 0.273. The van der Waals surface area contributed by atoms with E-state index in [2.05, 4.69) is 22.0 Å². The lowest BCUT2D eigenvalue weighted by Crippen LogP contribution is -2.03. The standard InChI is InChI=1S/C11H10BrNO/c1-8-3-2-4-9(10(8)7-13)11(14)5-6-12/h2-4H,5-6H2,1H3. The van der Waals surface area contributed by atoms with Gasteiger partial charge in [0.05, 0.1) is 5.56 Å². The maximum Gasteiger partial charge on any atom is 0.165 e. The number of ketones is 1. The first kappa shape index (κ1) is 10.9. The topological polar surface area (TPSA) is 40.9 Å². The summed E-state index contributed by atoms with van der Waals surface area (Å²) in [7, 11) is 0. The van der Waals surface area contributed by atoms with Crippen molar-refractivity contribution in [1.82, 2.24) is 0 Å². The lowest BCUT2D eigenvalue weighted by atomic mass is 9.99. The minimum absolute atomic E-state index is 0.0159. The van der Waals surface area contributed by atoms with Crippen LogP contribution in [0.1, 0.15) is 27.9 Å². The van der Waals surface area contributed by atoms with Crippen LogP contribution in [0.3, 0.4) is 0 Å². The molecule has 0 radical (unpaired) electrons. The Bertz CT molecular complexity index is 393. The van der Waals surface area contributed by atoms with Crippen LogP contribution in [0.25, 0.3) is 0 Å². The SMILES string of the molecule is Cc1cccc(C(=O)CCBr)c1C#N. The van der Waals surface area contributed by atoms with Gasteiger partial charge in [-0.15, -0.1) is 0 Å². The van der Waals surface area contributed by atoms with E-state index >= 15 is 0 Å². The molecule has 0 bridgehead atoms. The zero-order chi connectivity index (χ0) is 10.6. The number of benzene rings is 1. The number of alkyl halides is 1. The van der Waals surface area contributed by atoms with Gasteiger partial charge < -0.3 is 0 Å². The highest BCUT2D eigenvalue weighted by atomic mass is 79.9. The fourth-order valence-electron chi connectivity index (χ4n) is 1.27. The molecule has 14 heavy (non-hydrogen) atoms. The van der Waals surface area contributed by atoms with Crippen molar-refractivity contribution in [2.45, 2.75) is 13.3 Å². The Balaban J connectivity index is 3.15. The first-order valence-corrected chi connectivity index (χ1v) is 5.41.